The first-order valence-electron chi connectivity index (χ1n) is 8.44. The number of hydrogen-bond acceptors (Lipinski definition) is 6. The van der Waals surface area contributed by atoms with Gasteiger partial charge in [0, 0.05) is 35.4 Å². The molecular formula is C21H15NO5. The average Bonchev–Trinajstić information content (AvgIpc) is 2.94. The van der Waals surface area contributed by atoms with Crippen LogP contribution in [0.4, 0.5) is 0 Å². The minimum Gasteiger partial charge on any atom is -0.508 e. The Balaban J connectivity index is 1.87. The molecule has 2 aliphatic rings. The van der Waals surface area contributed by atoms with Gasteiger partial charge in [0.05, 0.1) is 5.56 Å². The minimum atomic E-state index is -1.22. The second-order valence-electron chi connectivity index (χ2n) is 6.62. The van der Waals surface area contributed by atoms with Gasteiger partial charge < -0.3 is 25.4 Å². The van der Waals surface area contributed by atoms with Crippen molar-refractivity contribution >= 4 is 5.97 Å². The number of carbonyl (C=O) groups is 1. The van der Waals surface area contributed by atoms with E-state index in [1.54, 1.807) is 18.2 Å². The first kappa shape index (κ1) is 15.7. The highest BCUT2D eigenvalue weighted by Gasteiger charge is 2.53. The van der Waals surface area contributed by atoms with Crippen molar-refractivity contribution in [2.75, 3.05) is 0 Å². The van der Waals surface area contributed by atoms with Gasteiger partial charge in [-0.15, -0.1) is 0 Å². The standard InChI is InChI=1S/C21H15NO5/c22-10-11-1-4-15-14(7-11)20(25)27-21(15)16-5-2-12(23)8-18(16)26-19-9-13(24)3-6-17(19)21/h1-9,23-24H,10,22H2. The summed E-state index contributed by atoms with van der Waals surface area (Å²) in [6.07, 6.45) is 0. The number of hydrogen-bond donors (Lipinski definition) is 3. The SMILES string of the molecule is NCc1ccc2c(c1)C(=O)OC21c2ccc(O)cc2Oc2cc(O)ccc21. The van der Waals surface area contributed by atoms with Gasteiger partial charge in [-0.3, -0.25) is 0 Å². The van der Waals surface area contributed by atoms with Gasteiger partial charge >= 0.3 is 5.97 Å². The summed E-state index contributed by atoms with van der Waals surface area (Å²) in [6.45, 7) is 0.311. The molecule has 0 amide bonds. The Morgan fingerprint density at radius 2 is 1.44 bits per heavy atom. The summed E-state index contributed by atoms with van der Waals surface area (Å²) >= 11 is 0. The molecule has 2 aliphatic heterocycles. The number of ether oxygens (including phenoxy) is 2. The molecule has 0 fully saturated rings. The number of esters is 1. The Morgan fingerprint density at radius 3 is 2.04 bits per heavy atom. The Morgan fingerprint density at radius 1 is 0.852 bits per heavy atom. The Labute approximate surface area is 154 Å². The number of fused-ring (bicyclic) bond motifs is 6. The van der Waals surface area contributed by atoms with Crippen molar-refractivity contribution in [1.29, 1.82) is 0 Å². The summed E-state index contributed by atoms with van der Waals surface area (Å²) in [7, 11) is 0. The highest BCUT2D eigenvalue weighted by atomic mass is 16.6. The zero-order chi connectivity index (χ0) is 18.8. The average molecular weight is 361 g/mol. The van der Waals surface area contributed by atoms with Gasteiger partial charge in [0.1, 0.15) is 23.0 Å². The molecule has 3 aromatic rings. The third-order valence-corrected chi connectivity index (χ3v) is 5.07. The number of nitrogens with two attached hydrogens (primary N) is 1. The molecule has 134 valence electrons. The van der Waals surface area contributed by atoms with E-state index in [-0.39, 0.29) is 11.5 Å². The summed E-state index contributed by atoms with van der Waals surface area (Å²) in [6, 6.07) is 14.8. The fourth-order valence-electron chi connectivity index (χ4n) is 3.88. The molecular weight excluding hydrogens is 346 g/mol. The summed E-state index contributed by atoms with van der Waals surface area (Å²) in [5.74, 6) is 0.305. The molecule has 0 atom stereocenters. The van der Waals surface area contributed by atoms with Crippen molar-refractivity contribution in [3.63, 3.8) is 0 Å². The number of aromatic hydroxyl groups is 2. The highest BCUT2D eigenvalue weighted by molar-refractivity contribution is 5.97. The van der Waals surface area contributed by atoms with Crippen LogP contribution in [0.2, 0.25) is 0 Å². The maximum Gasteiger partial charge on any atom is 0.340 e. The van der Waals surface area contributed by atoms with Crippen molar-refractivity contribution < 1.29 is 24.5 Å². The van der Waals surface area contributed by atoms with E-state index < -0.39 is 11.6 Å². The van der Waals surface area contributed by atoms with Crippen molar-refractivity contribution in [3.8, 4) is 23.0 Å². The van der Waals surface area contributed by atoms with Crippen LogP contribution in [0.3, 0.4) is 0 Å². The molecule has 0 saturated heterocycles. The molecule has 3 aromatic carbocycles. The second-order valence-corrected chi connectivity index (χ2v) is 6.62. The zero-order valence-corrected chi connectivity index (χ0v) is 14.1. The summed E-state index contributed by atoms with van der Waals surface area (Å²) in [5, 5.41) is 19.8. The molecule has 1 spiro atoms. The lowest BCUT2D eigenvalue weighted by molar-refractivity contribution is 0.0224. The molecule has 0 unspecified atom stereocenters. The molecule has 0 bridgehead atoms. The molecule has 4 N–H and O–H groups in total. The van der Waals surface area contributed by atoms with E-state index in [2.05, 4.69) is 0 Å². The van der Waals surface area contributed by atoms with Crippen LogP contribution in [-0.4, -0.2) is 16.2 Å². The van der Waals surface area contributed by atoms with Gasteiger partial charge in [-0.2, -0.15) is 0 Å². The smallest absolute Gasteiger partial charge is 0.340 e. The number of carbonyl (C=O) groups excluding carboxylic acids is 1. The minimum absolute atomic E-state index is 0.0236. The Kier molecular flexibility index (Phi) is 3.06. The summed E-state index contributed by atoms with van der Waals surface area (Å²) in [5.41, 5.74) is 7.65. The molecule has 2 heterocycles. The molecule has 0 aliphatic carbocycles. The molecule has 0 radical (unpaired) electrons. The van der Waals surface area contributed by atoms with Gasteiger partial charge in [0.25, 0.3) is 0 Å². The number of phenols is 2. The third kappa shape index (κ3) is 2.01. The van der Waals surface area contributed by atoms with E-state index in [9.17, 15) is 15.0 Å². The normalized spacial score (nSPS) is 15.5. The van der Waals surface area contributed by atoms with E-state index in [1.165, 1.54) is 24.3 Å². The Hall–Kier alpha value is -3.51. The van der Waals surface area contributed by atoms with E-state index in [0.717, 1.165) is 5.56 Å². The van der Waals surface area contributed by atoms with Crippen LogP contribution in [0.25, 0.3) is 0 Å². The quantitative estimate of drug-likeness (QED) is 0.576. The van der Waals surface area contributed by atoms with Crippen LogP contribution in [0, 0.1) is 0 Å². The van der Waals surface area contributed by atoms with E-state index in [0.29, 0.717) is 40.3 Å². The van der Waals surface area contributed by atoms with Crippen molar-refractivity contribution in [2.24, 2.45) is 5.73 Å². The zero-order valence-electron chi connectivity index (χ0n) is 14.1. The van der Waals surface area contributed by atoms with Crippen LogP contribution < -0.4 is 10.5 Å². The fourth-order valence-corrected chi connectivity index (χ4v) is 3.88. The lowest BCUT2D eigenvalue weighted by Crippen LogP contribution is -2.32. The van der Waals surface area contributed by atoms with E-state index in [1.807, 2.05) is 12.1 Å². The number of phenolic OH excluding ortho intramolecular Hbond substituents is 2. The van der Waals surface area contributed by atoms with Crippen LogP contribution in [-0.2, 0) is 16.9 Å². The molecule has 27 heavy (non-hydrogen) atoms. The Bertz CT molecular complexity index is 1070. The largest absolute Gasteiger partial charge is 0.508 e. The first-order valence-corrected chi connectivity index (χ1v) is 8.44. The second kappa shape index (κ2) is 5.25. The summed E-state index contributed by atoms with van der Waals surface area (Å²) in [4.78, 5) is 12.8. The van der Waals surface area contributed by atoms with Crippen molar-refractivity contribution in [3.05, 3.63) is 82.4 Å². The van der Waals surface area contributed by atoms with Crippen LogP contribution in [0.5, 0.6) is 23.0 Å². The van der Waals surface area contributed by atoms with E-state index in [4.69, 9.17) is 15.2 Å². The molecule has 6 heteroatoms. The monoisotopic (exact) mass is 361 g/mol. The predicted octanol–water partition coefficient (Wildman–Crippen LogP) is 3.12. The molecule has 0 aromatic heterocycles. The van der Waals surface area contributed by atoms with Gasteiger partial charge in [0.2, 0.25) is 0 Å². The highest BCUT2D eigenvalue weighted by Crippen LogP contribution is 2.56. The lowest BCUT2D eigenvalue weighted by Gasteiger charge is -2.36. The first-order chi connectivity index (χ1) is 13.0. The van der Waals surface area contributed by atoms with Crippen LogP contribution in [0.15, 0.2) is 54.6 Å². The van der Waals surface area contributed by atoms with Gasteiger partial charge in [-0.05, 0) is 35.9 Å². The van der Waals surface area contributed by atoms with Gasteiger partial charge in [-0.25, -0.2) is 4.79 Å². The topological polar surface area (TPSA) is 102 Å². The maximum absolute atomic E-state index is 12.8. The van der Waals surface area contributed by atoms with Crippen molar-refractivity contribution in [2.45, 2.75) is 12.1 Å². The molecule has 0 saturated carbocycles. The fraction of sp³-hybridized carbons (Fsp3) is 0.0952. The van der Waals surface area contributed by atoms with Crippen LogP contribution in [0.1, 0.15) is 32.6 Å². The molecule has 5 rings (SSSR count). The van der Waals surface area contributed by atoms with Gasteiger partial charge in [0.15, 0.2) is 5.60 Å². The summed E-state index contributed by atoms with van der Waals surface area (Å²) < 4.78 is 11.9. The number of benzene rings is 3. The van der Waals surface area contributed by atoms with E-state index >= 15 is 0 Å². The molecule has 6 nitrogen and oxygen atoms in total. The third-order valence-electron chi connectivity index (χ3n) is 5.07. The van der Waals surface area contributed by atoms with Gasteiger partial charge in [-0.1, -0.05) is 12.1 Å². The lowest BCUT2D eigenvalue weighted by atomic mass is 9.77. The number of rotatable bonds is 1. The maximum atomic E-state index is 12.8. The predicted molar refractivity (Wildman–Crippen MR) is 95.9 cm³/mol. The van der Waals surface area contributed by atoms with Crippen LogP contribution >= 0.6 is 0 Å². The van der Waals surface area contributed by atoms with Crippen molar-refractivity contribution in [1.82, 2.24) is 0 Å².